The molecular weight excluding hydrogens is 105 g/mol. The third-order valence-corrected chi connectivity index (χ3v) is 0. The average Bonchev–Trinajstić information content (AvgIpc) is 0.811. The summed E-state index contributed by atoms with van der Waals surface area (Å²) in [6, 6.07) is 0. The molecule has 0 saturated carbocycles. The summed E-state index contributed by atoms with van der Waals surface area (Å²) < 4.78 is 25.8. The first-order valence-electron chi connectivity index (χ1n) is 0.612. The molecule has 0 heterocycles. The minimum atomic E-state index is -4.08. The molecule has 0 aromatic carbocycles. The summed E-state index contributed by atoms with van der Waals surface area (Å²) in [6.45, 7) is 0. The number of rotatable bonds is 0. The van der Waals surface area contributed by atoms with Crippen molar-refractivity contribution in [2.45, 2.75) is 0 Å². The second kappa shape index (κ2) is 4.60. The fourth-order valence-corrected chi connectivity index (χ4v) is 0. The Balaban J connectivity index is 0. The van der Waals surface area contributed by atoms with Gasteiger partial charge in [0, 0.05) is 0 Å². The van der Waals surface area contributed by atoms with Gasteiger partial charge in [-0.05, 0) is 0 Å². The summed E-state index contributed by atoms with van der Waals surface area (Å²) in [7, 11) is 0. The molecule has 0 aromatic rings. The Morgan fingerprint density at radius 1 is 1.40 bits per heavy atom. The van der Waals surface area contributed by atoms with Crippen LogP contribution in [0, 0.1) is 0 Å². The fraction of sp³-hybridized carbons (Fsp3) is 0. The summed E-state index contributed by atoms with van der Waals surface area (Å²) in [5.41, 5.74) is 0. The van der Waals surface area contributed by atoms with E-state index in [-0.39, 0.29) is 10.1 Å². The molecule has 5 heavy (non-hydrogen) atoms. The predicted octanol–water partition coefficient (Wildman–Crippen LogP) is -2.88. The van der Waals surface area contributed by atoms with E-state index in [2.05, 4.69) is 0 Å². The van der Waals surface area contributed by atoms with Gasteiger partial charge in [0.2, 0.25) is 0 Å². The number of hydrogen-bond donors (Lipinski definition) is 0. The average molecular weight is 105 g/mol. The second-order valence-corrected chi connectivity index (χ2v) is 1.03. The molecule has 0 spiro atoms. The monoisotopic (exact) mass is 105 g/mol. The van der Waals surface area contributed by atoms with Crippen LogP contribution in [0.25, 0.3) is 0 Å². The Labute approximate surface area is 40.0 Å². The summed E-state index contributed by atoms with van der Waals surface area (Å²) in [5.74, 6) is 0. The summed E-state index contributed by atoms with van der Waals surface area (Å²) in [4.78, 5) is 0. The van der Waals surface area contributed by atoms with Gasteiger partial charge >= 0.3 is 39.4 Å². The van der Waals surface area contributed by atoms with Crippen molar-refractivity contribution in [2.24, 2.45) is 0 Å². The van der Waals surface area contributed by atoms with Crippen LogP contribution in [0.4, 0.5) is 0 Å². The molecule has 0 aliphatic heterocycles. The van der Waals surface area contributed by atoms with Crippen LogP contribution in [-0.2, 0) is 21.9 Å². The van der Waals surface area contributed by atoms with E-state index in [0.717, 1.165) is 0 Å². The van der Waals surface area contributed by atoms with Crippen molar-refractivity contribution in [1.82, 2.24) is 0 Å². The summed E-state index contributed by atoms with van der Waals surface area (Å²) >= 11 is -4.08. The van der Waals surface area contributed by atoms with E-state index in [0.29, 0.717) is 0 Å². The van der Waals surface area contributed by atoms with E-state index in [4.69, 9.17) is 10.7 Å². The van der Waals surface area contributed by atoms with Gasteiger partial charge in [0.1, 0.15) is 0 Å². The van der Waals surface area contributed by atoms with E-state index in [1.54, 1.807) is 0 Å². The van der Waals surface area contributed by atoms with Crippen molar-refractivity contribution in [3.05, 3.63) is 0 Å². The Morgan fingerprint density at radius 3 is 1.40 bits per heavy atom. The molecule has 0 rings (SSSR count). The Kier molecular flexibility index (Phi) is 8.42. The van der Waals surface area contributed by atoms with Crippen LogP contribution in [0.3, 0.4) is 0 Å². The van der Waals surface area contributed by atoms with E-state index in [1.165, 1.54) is 0 Å². The van der Waals surface area contributed by atoms with Gasteiger partial charge < -0.3 is 0 Å². The zero-order valence-electron chi connectivity index (χ0n) is 2.43. The predicted molar refractivity (Wildman–Crippen MR) is 6.44 cm³/mol. The van der Waals surface area contributed by atoms with Gasteiger partial charge in [-0.3, -0.25) is 0 Å². The summed E-state index contributed by atoms with van der Waals surface area (Å²) in [5, 5.41) is 0. The molecule has 0 amide bonds. The molecule has 0 bridgehead atoms. The Hall–Kier alpha value is 0.603. The Bertz CT molecular complexity index is 29.9. The van der Waals surface area contributed by atoms with E-state index in [1.807, 2.05) is 0 Å². The van der Waals surface area contributed by atoms with Gasteiger partial charge in [0.25, 0.3) is 0 Å². The maximum atomic E-state index is 8.58. The van der Waals surface area contributed by atoms with Crippen LogP contribution in [-0.4, -0.2) is 10.1 Å². The van der Waals surface area contributed by atoms with E-state index in [9.17, 15) is 0 Å². The molecule has 0 unspecified atom stereocenters. The normalized spacial score (nSPS) is 5.20. The van der Waals surface area contributed by atoms with E-state index < -0.39 is 18.6 Å². The quantitative estimate of drug-likeness (QED) is 0.311. The SMILES string of the molecule is [Be+2].[O]=[Ti]([O-])[O-]. The molecule has 3 nitrogen and oxygen atoms in total. The first-order chi connectivity index (χ1) is 1.73. The van der Waals surface area contributed by atoms with Crippen LogP contribution in [0.15, 0.2) is 0 Å². The van der Waals surface area contributed by atoms with Crippen LogP contribution in [0.5, 0.6) is 0 Å². The van der Waals surface area contributed by atoms with E-state index >= 15 is 0 Å². The molecule has 24 valence electrons. The molecule has 0 aromatic heterocycles. The standard InChI is InChI=1S/Be.3O.Ti/q+2;;2*-1;. The number of hydrogen-bond acceptors (Lipinski definition) is 3. The maximum absolute atomic E-state index is 8.58. The van der Waals surface area contributed by atoms with Gasteiger partial charge in [0.15, 0.2) is 0 Å². The molecule has 0 radical (unpaired) electrons. The molecule has 0 fully saturated rings. The zero-order valence-corrected chi connectivity index (χ0v) is 3.99. The van der Waals surface area contributed by atoms with Crippen LogP contribution >= 0.6 is 0 Å². The molecule has 5 heteroatoms. The van der Waals surface area contributed by atoms with Gasteiger partial charge in [-0.15, -0.1) is 0 Å². The third kappa shape index (κ3) is 85.8. The van der Waals surface area contributed by atoms with Gasteiger partial charge in [-0.1, -0.05) is 0 Å². The molecule has 0 N–H and O–H groups in total. The first kappa shape index (κ1) is 9.14. The van der Waals surface area contributed by atoms with Crippen molar-refractivity contribution in [3.63, 3.8) is 0 Å². The topological polar surface area (TPSA) is 63.2 Å². The molecular formula is BeO3Ti. The van der Waals surface area contributed by atoms with Crippen LogP contribution in [0.1, 0.15) is 0 Å². The third-order valence-electron chi connectivity index (χ3n) is 0. The van der Waals surface area contributed by atoms with Crippen LogP contribution in [0.2, 0.25) is 0 Å². The van der Waals surface area contributed by atoms with Crippen molar-refractivity contribution in [2.75, 3.05) is 0 Å². The van der Waals surface area contributed by atoms with Crippen molar-refractivity contribution < 1.29 is 29.3 Å². The second-order valence-electron chi connectivity index (χ2n) is 0.250. The Morgan fingerprint density at radius 2 is 1.40 bits per heavy atom. The summed E-state index contributed by atoms with van der Waals surface area (Å²) in [6.07, 6.45) is 0. The molecule has 0 aliphatic rings. The fourth-order valence-electron chi connectivity index (χ4n) is 0. The molecule has 0 atom stereocenters. The zero-order chi connectivity index (χ0) is 3.58. The van der Waals surface area contributed by atoms with Gasteiger partial charge in [-0.2, -0.15) is 0 Å². The molecule has 0 aliphatic carbocycles. The van der Waals surface area contributed by atoms with Crippen molar-refractivity contribution >= 4 is 10.1 Å². The van der Waals surface area contributed by atoms with Crippen molar-refractivity contribution in [3.8, 4) is 0 Å². The van der Waals surface area contributed by atoms with Gasteiger partial charge in [-0.25, -0.2) is 0 Å². The van der Waals surface area contributed by atoms with Gasteiger partial charge in [0.05, 0.1) is 0 Å². The minimum absolute atomic E-state index is 0. The molecule has 0 saturated heterocycles. The van der Waals surface area contributed by atoms with Crippen molar-refractivity contribution in [1.29, 1.82) is 0 Å². The van der Waals surface area contributed by atoms with Crippen LogP contribution < -0.4 is 7.38 Å². The first-order valence-corrected chi connectivity index (χ1v) is 2.52.